The van der Waals surface area contributed by atoms with E-state index in [4.69, 9.17) is 4.74 Å². The van der Waals surface area contributed by atoms with Crippen molar-refractivity contribution in [1.82, 2.24) is 5.32 Å². The Hall–Kier alpha value is -0.740. The largest absolute Gasteiger partial charge is 0.494 e. The molecule has 0 aliphatic carbocycles. The smallest absolute Gasteiger partial charge is 0.165 e. The number of ether oxygens (including phenoxy) is 1. The average Bonchev–Trinajstić information content (AvgIpc) is 2.36. The molecule has 2 nitrogen and oxygen atoms in total. The van der Waals surface area contributed by atoms with Gasteiger partial charge in [-0.15, -0.1) is 0 Å². The van der Waals surface area contributed by atoms with E-state index in [9.17, 15) is 4.39 Å². The van der Waals surface area contributed by atoms with Gasteiger partial charge in [0.15, 0.2) is 11.6 Å². The zero-order chi connectivity index (χ0) is 14.3. The fourth-order valence-electron chi connectivity index (χ4n) is 1.91. The van der Waals surface area contributed by atoms with E-state index < -0.39 is 0 Å². The summed E-state index contributed by atoms with van der Waals surface area (Å²) in [5.41, 5.74) is 1.01. The number of hydrogen-bond donors (Lipinski definition) is 1. The number of halogens is 1. The first-order chi connectivity index (χ1) is 9.06. The molecule has 0 amide bonds. The highest BCUT2D eigenvalue weighted by Crippen LogP contribution is 2.20. The Bertz CT molecular complexity index is 384. The van der Waals surface area contributed by atoms with Crippen LogP contribution in [0.25, 0.3) is 0 Å². The Morgan fingerprint density at radius 1 is 1.37 bits per heavy atom. The standard InChI is InChI=1S/C15H24FNOS/c1-5-17-13(10-19-11(2)3)8-12-6-7-15(18-4)14(16)9-12/h6-7,9,11,13,17H,5,8,10H2,1-4H3. The monoisotopic (exact) mass is 285 g/mol. The van der Waals surface area contributed by atoms with Crippen molar-refractivity contribution in [3.8, 4) is 5.75 Å². The zero-order valence-electron chi connectivity index (χ0n) is 12.2. The highest BCUT2D eigenvalue weighted by molar-refractivity contribution is 7.99. The van der Waals surface area contributed by atoms with Crippen molar-refractivity contribution in [3.05, 3.63) is 29.6 Å². The maximum Gasteiger partial charge on any atom is 0.165 e. The molecular weight excluding hydrogens is 261 g/mol. The van der Waals surface area contributed by atoms with E-state index in [1.165, 1.54) is 7.11 Å². The first-order valence-electron chi connectivity index (χ1n) is 6.74. The minimum atomic E-state index is -0.285. The fraction of sp³-hybridized carbons (Fsp3) is 0.600. The van der Waals surface area contributed by atoms with Crippen molar-refractivity contribution in [1.29, 1.82) is 0 Å². The normalized spacial score (nSPS) is 12.7. The molecule has 0 saturated carbocycles. The van der Waals surface area contributed by atoms with Crippen molar-refractivity contribution >= 4 is 11.8 Å². The van der Waals surface area contributed by atoms with Crippen LogP contribution < -0.4 is 10.1 Å². The molecule has 1 aromatic rings. The molecule has 108 valence electrons. The summed E-state index contributed by atoms with van der Waals surface area (Å²) in [6, 6.07) is 5.59. The maximum atomic E-state index is 13.7. The molecular formula is C15H24FNOS. The van der Waals surface area contributed by atoms with Crippen molar-refractivity contribution in [2.45, 2.75) is 38.5 Å². The van der Waals surface area contributed by atoms with Gasteiger partial charge in [-0.3, -0.25) is 0 Å². The van der Waals surface area contributed by atoms with Gasteiger partial charge in [-0.25, -0.2) is 4.39 Å². The third kappa shape index (κ3) is 5.83. The molecule has 0 heterocycles. The Labute approximate surface area is 120 Å². The molecule has 19 heavy (non-hydrogen) atoms. The predicted octanol–water partition coefficient (Wildman–Crippen LogP) is 3.50. The molecule has 1 rings (SSSR count). The first kappa shape index (κ1) is 16.3. The highest BCUT2D eigenvalue weighted by Gasteiger charge is 2.11. The van der Waals surface area contributed by atoms with Gasteiger partial charge in [0.05, 0.1) is 7.11 Å². The van der Waals surface area contributed by atoms with E-state index >= 15 is 0 Å². The van der Waals surface area contributed by atoms with E-state index in [0.29, 0.717) is 17.0 Å². The Morgan fingerprint density at radius 2 is 2.11 bits per heavy atom. The van der Waals surface area contributed by atoms with Crippen LogP contribution in [0, 0.1) is 5.82 Å². The number of thioether (sulfide) groups is 1. The molecule has 0 aromatic heterocycles. The van der Waals surface area contributed by atoms with Gasteiger partial charge in [0, 0.05) is 11.8 Å². The molecule has 0 fully saturated rings. The van der Waals surface area contributed by atoms with Crippen molar-refractivity contribution in [3.63, 3.8) is 0 Å². The van der Waals surface area contributed by atoms with E-state index in [1.54, 1.807) is 12.1 Å². The molecule has 0 radical (unpaired) electrons. The first-order valence-corrected chi connectivity index (χ1v) is 7.79. The topological polar surface area (TPSA) is 21.3 Å². The summed E-state index contributed by atoms with van der Waals surface area (Å²) in [6.07, 6.45) is 0.842. The SMILES string of the molecule is CCNC(CSC(C)C)Cc1ccc(OC)c(F)c1. The summed E-state index contributed by atoms with van der Waals surface area (Å²) in [7, 11) is 1.48. The summed E-state index contributed by atoms with van der Waals surface area (Å²) >= 11 is 1.93. The number of rotatable bonds is 8. The Kier molecular flexibility index (Phi) is 7.24. The summed E-state index contributed by atoms with van der Waals surface area (Å²) in [5, 5.41) is 4.08. The quantitative estimate of drug-likeness (QED) is 0.790. The number of benzene rings is 1. The van der Waals surface area contributed by atoms with Crippen LogP contribution >= 0.6 is 11.8 Å². The maximum absolute atomic E-state index is 13.7. The summed E-state index contributed by atoms with van der Waals surface area (Å²) in [4.78, 5) is 0. The number of likely N-dealkylation sites (N-methyl/N-ethyl adjacent to an activating group) is 1. The number of nitrogens with one attached hydrogen (secondary N) is 1. The molecule has 0 spiro atoms. The van der Waals surface area contributed by atoms with Crippen LogP contribution in [0.4, 0.5) is 4.39 Å². The molecule has 4 heteroatoms. The fourth-order valence-corrected chi connectivity index (χ4v) is 2.76. The minimum Gasteiger partial charge on any atom is -0.494 e. The lowest BCUT2D eigenvalue weighted by atomic mass is 10.1. The van der Waals surface area contributed by atoms with Gasteiger partial charge in [-0.05, 0) is 35.9 Å². The van der Waals surface area contributed by atoms with Gasteiger partial charge in [-0.2, -0.15) is 11.8 Å². The number of hydrogen-bond acceptors (Lipinski definition) is 3. The second-order valence-electron chi connectivity index (χ2n) is 4.81. The molecule has 1 aromatic carbocycles. The van der Waals surface area contributed by atoms with E-state index in [-0.39, 0.29) is 5.82 Å². The third-order valence-electron chi connectivity index (χ3n) is 2.82. The van der Waals surface area contributed by atoms with Crippen LogP contribution in [0.1, 0.15) is 26.3 Å². The van der Waals surface area contributed by atoms with Crippen LogP contribution in [-0.2, 0) is 6.42 Å². The van der Waals surface area contributed by atoms with Gasteiger partial charge in [0.2, 0.25) is 0 Å². The average molecular weight is 285 g/mol. The van der Waals surface area contributed by atoms with Crippen molar-refractivity contribution < 1.29 is 9.13 Å². The van der Waals surface area contributed by atoms with Gasteiger partial charge in [-0.1, -0.05) is 26.8 Å². The van der Waals surface area contributed by atoms with E-state index in [2.05, 4.69) is 26.1 Å². The van der Waals surface area contributed by atoms with Crippen molar-refractivity contribution in [2.75, 3.05) is 19.4 Å². The van der Waals surface area contributed by atoms with Crippen LogP contribution in [0.3, 0.4) is 0 Å². The summed E-state index contributed by atoms with van der Waals surface area (Å²) < 4.78 is 18.6. The predicted molar refractivity (Wildman–Crippen MR) is 81.7 cm³/mol. The molecule has 0 aliphatic heterocycles. The van der Waals surface area contributed by atoms with Gasteiger partial charge in [0.25, 0.3) is 0 Å². The lowest BCUT2D eigenvalue weighted by Gasteiger charge is -2.19. The summed E-state index contributed by atoms with van der Waals surface area (Å²) in [5.74, 6) is 1.06. The minimum absolute atomic E-state index is 0.285. The lowest BCUT2D eigenvalue weighted by Crippen LogP contribution is -2.33. The molecule has 0 aliphatic rings. The second kappa shape index (κ2) is 8.43. The Morgan fingerprint density at radius 3 is 2.63 bits per heavy atom. The molecule has 0 bridgehead atoms. The zero-order valence-corrected chi connectivity index (χ0v) is 13.0. The molecule has 1 N–H and O–H groups in total. The van der Waals surface area contributed by atoms with Crippen LogP contribution in [0.2, 0.25) is 0 Å². The van der Waals surface area contributed by atoms with Crippen LogP contribution in [-0.4, -0.2) is 30.7 Å². The summed E-state index contributed by atoms with van der Waals surface area (Å²) in [6.45, 7) is 7.42. The third-order valence-corrected chi connectivity index (χ3v) is 4.08. The van der Waals surface area contributed by atoms with Crippen molar-refractivity contribution in [2.24, 2.45) is 0 Å². The van der Waals surface area contributed by atoms with E-state index in [0.717, 1.165) is 24.3 Å². The van der Waals surface area contributed by atoms with E-state index in [1.807, 2.05) is 17.8 Å². The van der Waals surface area contributed by atoms with Gasteiger partial charge >= 0.3 is 0 Å². The second-order valence-corrected chi connectivity index (χ2v) is 6.42. The lowest BCUT2D eigenvalue weighted by molar-refractivity contribution is 0.386. The Balaban J connectivity index is 2.64. The molecule has 1 unspecified atom stereocenters. The number of methoxy groups -OCH3 is 1. The molecule has 1 atom stereocenters. The van der Waals surface area contributed by atoms with Crippen LogP contribution in [0.15, 0.2) is 18.2 Å². The molecule has 0 saturated heterocycles. The van der Waals surface area contributed by atoms with Gasteiger partial charge in [0.1, 0.15) is 0 Å². The van der Waals surface area contributed by atoms with Gasteiger partial charge < -0.3 is 10.1 Å². The highest BCUT2D eigenvalue weighted by atomic mass is 32.2. The van der Waals surface area contributed by atoms with Crippen LogP contribution in [0.5, 0.6) is 5.75 Å².